The lowest BCUT2D eigenvalue weighted by Gasteiger charge is -2.10. The molecule has 2 N–H and O–H groups in total. The Bertz CT molecular complexity index is 1480. The van der Waals surface area contributed by atoms with Crippen molar-refractivity contribution in [1.82, 2.24) is 4.98 Å². The van der Waals surface area contributed by atoms with Crippen molar-refractivity contribution in [2.24, 2.45) is 0 Å². The summed E-state index contributed by atoms with van der Waals surface area (Å²) in [5.74, 6) is 1.33. The maximum absolute atomic E-state index is 11.0. The van der Waals surface area contributed by atoms with E-state index in [0.29, 0.717) is 56.4 Å². The van der Waals surface area contributed by atoms with Gasteiger partial charge >= 0.3 is 0 Å². The number of nitro groups is 1. The first kappa shape index (κ1) is 21.3. The van der Waals surface area contributed by atoms with Crippen LogP contribution in [0.5, 0.6) is 5.75 Å². The zero-order chi connectivity index (χ0) is 23.9. The molecule has 4 rings (SSSR count). The third-order valence-electron chi connectivity index (χ3n) is 5.56. The number of aromatic nitrogens is 1. The van der Waals surface area contributed by atoms with Crippen LogP contribution in [0.15, 0.2) is 40.3 Å². The van der Waals surface area contributed by atoms with Crippen molar-refractivity contribution >= 4 is 28.7 Å². The van der Waals surface area contributed by atoms with Crippen molar-refractivity contribution < 1.29 is 14.1 Å². The average molecular weight is 439 g/mol. The van der Waals surface area contributed by atoms with Gasteiger partial charge in [-0.25, -0.2) is 4.98 Å². The summed E-state index contributed by atoms with van der Waals surface area (Å²) < 4.78 is 11.3. The SMILES string of the molecule is COc1cc([N+](=O)[O-])ccc1-c1ccc(C=C2C(C)=C(C#N)c3nc(N)c(C#N)c(C)c32)o1. The Morgan fingerprint density at radius 2 is 1.97 bits per heavy atom. The molecule has 0 aliphatic heterocycles. The molecule has 0 saturated carbocycles. The number of fused-ring (bicyclic) bond motifs is 1. The summed E-state index contributed by atoms with van der Waals surface area (Å²) in [5.41, 5.74) is 10.2. The lowest BCUT2D eigenvalue weighted by atomic mass is 9.96. The van der Waals surface area contributed by atoms with Crippen LogP contribution in [0.1, 0.15) is 35.1 Å². The molecule has 0 atom stereocenters. The van der Waals surface area contributed by atoms with E-state index in [-0.39, 0.29) is 17.1 Å². The van der Waals surface area contributed by atoms with E-state index in [1.807, 2.05) is 0 Å². The third-order valence-corrected chi connectivity index (χ3v) is 5.56. The van der Waals surface area contributed by atoms with Crippen LogP contribution in [0.3, 0.4) is 0 Å². The third kappa shape index (κ3) is 3.38. The predicted octanol–water partition coefficient (Wildman–Crippen LogP) is 4.87. The van der Waals surface area contributed by atoms with Crippen molar-refractivity contribution in [3.05, 3.63) is 74.2 Å². The number of anilines is 1. The Balaban J connectivity index is 1.84. The number of hydrogen-bond donors (Lipinski definition) is 1. The molecular weight excluding hydrogens is 422 g/mol. The van der Waals surface area contributed by atoms with Gasteiger partial charge in [0.1, 0.15) is 35.2 Å². The molecule has 0 bridgehead atoms. The molecule has 162 valence electrons. The number of non-ortho nitro benzene ring substituents is 1. The highest BCUT2D eigenvalue weighted by atomic mass is 16.6. The molecule has 0 fully saturated rings. The van der Waals surface area contributed by atoms with E-state index >= 15 is 0 Å². The van der Waals surface area contributed by atoms with Gasteiger partial charge in [0.15, 0.2) is 0 Å². The first-order chi connectivity index (χ1) is 15.8. The van der Waals surface area contributed by atoms with Crippen molar-refractivity contribution in [3.8, 4) is 29.2 Å². The Hall–Kier alpha value is -4.89. The van der Waals surface area contributed by atoms with Crippen LogP contribution in [0.25, 0.3) is 28.5 Å². The van der Waals surface area contributed by atoms with E-state index in [2.05, 4.69) is 17.1 Å². The minimum Gasteiger partial charge on any atom is -0.496 e. The molecule has 1 aromatic carbocycles. The van der Waals surface area contributed by atoms with Crippen molar-refractivity contribution in [3.63, 3.8) is 0 Å². The number of pyridine rings is 1. The minimum absolute atomic E-state index is 0.0844. The fraction of sp³-hybridized carbons (Fsp3) is 0.125. The molecule has 0 spiro atoms. The number of furan rings is 1. The molecule has 9 nitrogen and oxygen atoms in total. The summed E-state index contributed by atoms with van der Waals surface area (Å²) >= 11 is 0. The summed E-state index contributed by atoms with van der Waals surface area (Å²) in [6, 6.07) is 12.0. The summed E-state index contributed by atoms with van der Waals surface area (Å²) in [4.78, 5) is 14.9. The van der Waals surface area contributed by atoms with Crippen LogP contribution < -0.4 is 10.5 Å². The lowest BCUT2D eigenvalue weighted by Crippen LogP contribution is -2.03. The standard InChI is InChI=1S/C24H17N5O4/c1-12-17(22-13(2)19(11-26)24(27)28-23(22)18(12)10-25)9-15-5-7-20(33-15)16-6-4-14(29(30)31)8-21(16)32-3/h4-9H,1-3H3,(H2,27,28). The first-order valence-corrected chi connectivity index (χ1v) is 9.77. The van der Waals surface area contributed by atoms with Crippen LogP contribution in [-0.4, -0.2) is 17.0 Å². The number of nitrogens with two attached hydrogens (primary N) is 1. The molecule has 2 aromatic heterocycles. The highest BCUT2D eigenvalue weighted by molar-refractivity contribution is 6.08. The van der Waals surface area contributed by atoms with Gasteiger partial charge in [-0.1, -0.05) is 0 Å². The number of nitrogens with zero attached hydrogens (tertiary/aromatic N) is 4. The van der Waals surface area contributed by atoms with Crippen LogP contribution in [0.2, 0.25) is 0 Å². The molecule has 0 radical (unpaired) electrons. The number of methoxy groups -OCH3 is 1. The number of nitro benzene ring substituents is 1. The maximum Gasteiger partial charge on any atom is 0.273 e. The van der Waals surface area contributed by atoms with Gasteiger partial charge in [-0.05, 0) is 54.8 Å². The fourth-order valence-electron chi connectivity index (χ4n) is 3.91. The number of hydrogen-bond acceptors (Lipinski definition) is 8. The largest absolute Gasteiger partial charge is 0.496 e. The van der Waals surface area contributed by atoms with E-state index in [0.717, 1.165) is 0 Å². The average Bonchev–Trinajstić information content (AvgIpc) is 3.36. The van der Waals surface area contributed by atoms with Gasteiger partial charge in [0.2, 0.25) is 0 Å². The fourth-order valence-corrected chi connectivity index (χ4v) is 3.91. The summed E-state index contributed by atoms with van der Waals surface area (Å²) in [6.45, 7) is 3.57. The van der Waals surface area contributed by atoms with Gasteiger partial charge in [-0.15, -0.1) is 0 Å². The zero-order valence-electron chi connectivity index (χ0n) is 18.0. The zero-order valence-corrected chi connectivity index (χ0v) is 18.0. The Kier molecular flexibility index (Phi) is 5.17. The molecular formula is C24H17N5O4. The number of rotatable bonds is 4. The molecule has 0 unspecified atom stereocenters. The Morgan fingerprint density at radius 1 is 1.21 bits per heavy atom. The minimum atomic E-state index is -0.498. The van der Waals surface area contributed by atoms with E-state index in [1.165, 1.54) is 19.2 Å². The van der Waals surface area contributed by atoms with E-state index in [4.69, 9.17) is 14.9 Å². The molecule has 1 aliphatic carbocycles. The van der Waals surface area contributed by atoms with Crippen LogP contribution >= 0.6 is 0 Å². The van der Waals surface area contributed by atoms with Gasteiger partial charge in [-0.2, -0.15) is 10.5 Å². The van der Waals surface area contributed by atoms with Gasteiger partial charge in [0.25, 0.3) is 5.69 Å². The van der Waals surface area contributed by atoms with Crippen LogP contribution in [0, 0.1) is 39.7 Å². The first-order valence-electron chi connectivity index (χ1n) is 9.77. The predicted molar refractivity (Wildman–Crippen MR) is 122 cm³/mol. The van der Waals surface area contributed by atoms with Gasteiger partial charge in [0, 0.05) is 11.6 Å². The van der Waals surface area contributed by atoms with E-state index < -0.39 is 4.92 Å². The Morgan fingerprint density at radius 3 is 2.61 bits per heavy atom. The molecule has 1 aliphatic rings. The normalized spacial score (nSPS) is 13.5. The number of allylic oxidation sites excluding steroid dienone is 3. The number of nitrogen functional groups attached to an aromatic ring is 1. The smallest absolute Gasteiger partial charge is 0.273 e. The van der Waals surface area contributed by atoms with Gasteiger partial charge in [-0.3, -0.25) is 10.1 Å². The molecule has 2 heterocycles. The second-order valence-electron chi connectivity index (χ2n) is 7.35. The number of nitriles is 2. The summed E-state index contributed by atoms with van der Waals surface area (Å²) in [6.07, 6.45) is 1.77. The van der Waals surface area contributed by atoms with Gasteiger partial charge < -0.3 is 14.9 Å². The monoisotopic (exact) mass is 439 g/mol. The number of benzene rings is 1. The summed E-state index contributed by atoms with van der Waals surface area (Å²) in [5, 5.41) is 30.2. The maximum atomic E-state index is 11.0. The van der Waals surface area contributed by atoms with Crippen LogP contribution in [-0.2, 0) is 0 Å². The van der Waals surface area contributed by atoms with Gasteiger partial charge in [0.05, 0.1) is 40.5 Å². The summed E-state index contributed by atoms with van der Waals surface area (Å²) in [7, 11) is 1.43. The highest BCUT2D eigenvalue weighted by Gasteiger charge is 2.30. The van der Waals surface area contributed by atoms with Crippen LogP contribution in [0.4, 0.5) is 11.5 Å². The quantitative estimate of drug-likeness (QED) is 0.446. The molecule has 0 saturated heterocycles. The molecule has 33 heavy (non-hydrogen) atoms. The van der Waals surface area contributed by atoms with Crippen molar-refractivity contribution in [2.45, 2.75) is 13.8 Å². The molecule has 9 heteroatoms. The molecule has 3 aromatic rings. The van der Waals surface area contributed by atoms with Crippen molar-refractivity contribution in [1.29, 1.82) is 10.5 Å². The lowest BCUT2D eigenvalue weighted by molar-refractivity contribution is -0.384. The topological polar surface area (TPSA) is 152 Å². The number of ether oxygens (including phenoxy) is 1. The van der Waals surface area contributed by atoms with E-state index in [9.17, 15) is 20.6 Å². The second kappa shape index (κ2) is 7.98. The van der Waals surface area contributed by atoms with Crippen molar-refractivity contribution in [2.75, 3.05) is 12.8 Å². The second-order valence-corrected chi connectivity index (χ2v) is 7.35. The molecule has 0 amide bonds. The Labute approximate surface area is 188 Å². The highest BCUT2D eigenvalue weighted by Crippen LogP contribution is 2.44. The van der Waals surface area contributed by atoms with E-state index in [1.54, 1.807) is 38.1 Å².